The third kappa shape index (κ3) is 4.55. The van der Waals surface area contributed by atoms with E-state index in [0.717, 1.165) is 17.0 Å². The summed E-state index contributed by atoms with van der Waals surface area (Å²) in [4.78, 5) is 0. The van der Waals surface area contributed by atoms with Gasteiger partial charge in [-0.1, -0.05) is 12.1 Å². The maximum atomic E-state index is 13.0. The molecule has 2 aromatic rings. The Morgan fingerprint density at radius 1 is 1.05 bits per heavy atom. The molecule has 2 aromatic carbocycles. The maximum Gasteiger partial charge on any atom is 0.123 e. The molecule has 0 saturated carbocycles. The Kier molecular flexibility index (Phi) is 5.38. The lowest BCUT2D eigenvalue weighted by Crippen LogP contribution is -2.04. The van der Waals surface area contributed by atoms with E-state index < -0.39 is 0 Å². The summed E-state index contributed by atoms with van der Waals surface area (Å²) in [5.41, 5.74) is 1.87. The van der Waals surface area contributed by atoms with Gasteiger partial charge in [0.05, 0.1) is 6.61 Å². The Morgan fingerprint density at radius 2 is 1.85 bits per heavy atom. The largest absolute Gasteiger partial charge is 0.491 e. The lowest BCUT2D eigenvalue weighted by atomic mass is 10.2. The molecule has 20 heavy (non-hydrogen) atoms. The van der Waals surface area contributed by atoms with E-state index >= 15 is 0 Å². The van der Waals surface area contributed by atoms with E-state index in [1.54, 1.807) is 13.2 Å². The molecule has 0 atom stereocenters. The van der Waals surface area contributed by atoms with Crippen molar-refractivity contribution in [3.05, 3.63) is 59.9 Å². The summed E-state index contributed by atoms with van der Waals surface area (Å²) in [6.45, 7) is 1.69. The standard InChI is InChI=1S/C16H18FNO2/c1-19-9-10-20-16-7-5-15(6-8-16)18-12-13-3-2-4-14(17)11-13/h2-8,11,18H,9-10,12H2,1H3. The van der Waals surface area contributed by atoms with Gasteiger partial charge in [0.2, 0.25) is 0 Å². The van der Waals surface area contributed by atoms with E-state index in [4.69, 9.17) is 9.47 Å². The van der Waals surface area contributed by atoms with Gasteiger partial charge >= 0.3 is 0 Å². The molecule has 0 aliphatic carbocycles. The number of anilines is 1. The summed E-state index contributed by atoms with van der Waals surface area (Å²) in [6, 6.07) is 14.2. The van der Waals surface area contributed by atoms with E-state index in [1.807, 2.05) is 30.3 Å². The first kappa shape index (κ1) is 14.3. The first-order valence-corrected chi connectivity index (χ1v) is 6.48. The molecule has 0 unspecified atom stereocenters. The molecule has 0 heterocycles. The van der Waals surface area contributed by atoms with Crippen LogP contribution in [-0.2, 0) is 11.3 Å². The van der Waals surface area contributed by atoms with Crippen molar-refractivity contribution in [2.75, 3.05) is 25.6 Å². The molecule has 3 nitrogen and oxygen atoms in total. The molecule has 0 saturated heterocycles. The van der Waals surface area contributed by atoms with E-state index in [1.165, 1.54) is 12.1 Å². The predicted molar refractivity (Wildman–Crippen MR) is 77.5 cm³/mol. The summed E-state index contributed by atoms with van der Waals surface area (Å²) >= 11 is 0. The first-order valence-electron chi connectivity index (χ1n) is 6.48. The van der Waals surface area contributed by atoms with E-state index in [2.05, 4.69) is 5.32 Å². The van der Waals surface area contributed by atoms with Crippen LogP contribution in [0.2, 0.25) is 0 Å². The molecule has 0 aliphatic heterocycles. The van der Waals surface area contributed by atoms with E-state index in [9.17, 15) is 4.39 Å². The SMILES string of the molecule is COCCOc1ccc(NCc2cccc(F)c2)cc1. The second kappa shape index (κ2) is 7.50. The smallest absolute Gasteiger partial charge is 0.123 e. The minimum Gasteiger partial charge on any atom is -0.491 e. The van der Waals surface area contributed by atoms with Crippen molar-refractivity contribution in [3.8, 4) is 5.75 Å². The van der Waals surface area contributed by atoms with Gasteiger partial charge in [-0.2, -0.15) is 0 Å². The zero-order valence-electron chi connectivity index (χ0n) is 11.4. The molecular formula is C16H18FNO2. The van der Waals surface area contributed by atoms with Crippen LogP contribution in [0.3, 0.4) is 0 Å². The van der Waals surface area contributed by atoms with Crippen molar-refractivity contribution >= 4 is 5.69 Å². The number of hydrogen-bond acceptors (Lipinski definition) is 3. The number of halogens is 1. The lowest BCUT2D eigenvalue weighted by Gasteiger charge is -2.09. The van der Waals surface area contributed by atoms with Crippen molar-refractivity contribution in [2.45, 2.75) is 6.54 Å². The summed E-state index contributed by atoms with van der Waals surface area (Å²) < 4.78 is 23.4. The van der Waals surface area contributed by atoms with Crippen LogP contribution in [0.5, 0.6) is 5.75 Å². The molecule has 0 spiro atoms. The predicted octanol–water partition coefficient (Wildman–Crippen LogP) is 3.46. The van der Waals surface area contributed by atoms with Crippen LogP contribution >= 0.6 is 0 Å². The summed E-state index contributed by atoms with van der Waals surface area (Å²) in [7, 11) is 1.64. The number of rotatable bonds is 7. The molecule has 0 bridgehead atoms. The summed E-state index contributed by atoms with van der Waals surface area (Å²) in [5, 5.41) is 3.24. The maximum absolute atomic E-state index is 13.0. The van der Waals surface area contributed by atoms with Gasteiger partial charge in [0.1, 0.15) is 18.2 Å². The molecule has 0 amide bonds. The normalized spacial score (nSPS) is 10.3. The Morgan fingerprint density at radius 3 is 2.55 bits per heavy atom. The van der Waals surface area contributed by atoms with Gasteiger partial charge in [0.15, 0.2) is 0 Å². The van der Waals surface area contributed by atoms with Crippen LogP contribution in [0.25, 0.3) is 0 Å². The summed E-state index contributed by atoms with van der Waals surface area (Å²) in [5.74, 6) is 0.588. The van der Waals surface area contributed by atoms with Crippen LogP contribution < -0.4 is 10.1 Å². The number of benzene rings is 2. The third-order valence-corrected chi connectivity index (χ3v) is 2.80. The van der Waals surface area contributed by atoms with Crippen molar-refractivity contribution in [1.29, 1.82) is 0 Å². The second-order valence-electron chi connectivity index (χ2n) is 4.35. The number of hydrogen-bond donors (Lipinski definition) is 1. The van der Waals surface area contributed by atoms with E-state index in [-0.39, 0.29) is 5.82 Å². The van der Waals surface area contributed by atoms with E-state index in [0.29, 0.717) is 19.8 Å². The fourth-order valence-electron chi connectivity index (χ4n) is 1.76. The molecule has 0 aliphatic rings. The third-order valence-electron chi connectivity index (χ3n) is 2.80. The van der Waals surface area contributed by atoms with Gasteiger partial charge in [-0.05, 0) is 42.0 Å². The minimum atomic E-state index is -0.216. The number of ether oxygens (including phenoxy) is 2. The zero-order valence-corrected chi connectivity index (χ0v) is 11.4. The van der Waals surface area contributed by atoms with Crippen molar-refractivity contribution in [2.24, 2.45) is 0 Å². The molecule has 1 N–H and O–H groups in total. The highest BCUT2D eigenvalue weighted by Crippen LogP contribution is 2.16. The second-order valence-corrected chi connectivity index (χ2v) is 4.35. The van der Waals surface area contributed by atoms with Crippen LogP contribution in [0, 0.1) is 5.82 Å². The van der Waals surface area contributed by atoms with Crippen LogP contribution in [0.1, 0.15) is 5.56 Å². The highest BCUT2D eigenvalue weighted by atomic mass is 19.1. The van der Waals surface area contributed by atoms with Crippen LogP contribution in [-0.4, -0.2) is 20.3 Å². The Bertz CT molecular complexity index is 528. The Hall–Kier alpha value is -2.07. The molecular weight excluding hydrogens is 257 g/mol. The molecule has 0 aromatic heterocycles. The minimum absolute atomic E-state index is 0.216. The van der Waals surface area contributed by atoms with Crippen LogP contribution in [0.4, 0.5) is 10.1 Å². The highest BCUT2D eigenvalue weighted by Gasteiger charge is 1.97. The quantitative estimate of drug-likeness (QED) is 0.785. The molecule has 0 radical (unpaired) electrons. The van der Waals surface area contributed by atoms with Gasteiger partial charge in [-0.25, -0.2) is 4.39 Å². The summed E-state index contributed by atoms with van der Waals surface area (Å²) in [6.07, 6.45) is 0. The van der Waals surface area contributed by atoms with Gasteiger partial charge < -0.3 is 14.8 Å². The first-order chi connectivity index (χ1) is 9.78. The molecule has 106 valence electrons. The molecule has 0 fully saturated rings. The fraction of sp³-hybridized carbons (Fsp3) is 0.250. The van der Waals surface area contributed by atoms with Crippen molar-refractivity contribution in [3.63, 3.8) is 0 Å². The van der Waals surface area contributed by atoms with Crippen molar-refractivity contribution in [1.82, 2.24) is 0 Å². The monoisotopic (exact) mass is 275 g/mol. The average Bonchev–Trinajstić information content (AvgIpc) is 2.47. The van der Waals surface area contributed by atoms with Gasteiger partial charge in [-0.15, -0.1) is 0 Å². The van der Waals surface area contributed by atoms with Gasteiger partial charge in [0.25, 0.3) is 0 Å². The van der Waals surface area contributed by atoms with Crippen LogP contribution in [0.15, 0.2) is 48.5 Å². The fourth-order valence-corrected chi connectivity index (χ4v) is 1.76. The zero-order chi connectivity index (χ0) is 14.2. The Labute approximate surface area is 118 Å². The highest BCUT2D eigenvalue weighted by molar-refractivity contribution is 5.46. The lowest BCUT2D eigenvalue weighted by molar-refractivity contribution is 0.146. The molecule has 4 heteroatoms. The topological polar surface area (TPSA) is 30.5 Å². The molecule has 2 rings (SSSR count). The van der Waals surface area contributed by atoms with Gasteiger partial charge in [-0.3, -0.25) is 0 Å². The van der Waals surface area contributed by atoms with Gasteiger partial charge in [0, 0.05) is 19.3 Å². The van der Waals surface area contributed by atoms with Crippen molar-refractivity contribution < 1.29 is 13.9 Å². The average molecular weight is 275 g/mol. The number of nitrogens with one attached hydrogen (secondary N) is 1. The Balaban J connectivity index is 1.84. The number of methoxy groups -OCH3 is 1.